The van der Waals surface area contributed by atoms with E-state index in [0.717, 1.165) is 11.8 Å². The summed E-state index contributed by atoms with van der Waals surface area (Å²) < 4.78 is 5.83. The van der Waals surface area contributed by atoms with E-state index < -0.39 is 11.4 Å². The number of carbonyl (C=O) groups is 2. The minimum Gasteiger partial charge on any atom is -0.286 e. The number of hydrogen-bond donors (Lipinski definition) is 1. The molecule has 0 aliphatic carbocycles. The van der Waals surface area contributed by atoms with Crippen molar-refractivity contribution < 1.29 is 18.8 Å². The number of anilines is 1. The number of nitrogens with one attached hydrogen (secondary N) is 1. The first-order valence-electron chi connectivity index (χ1n) is 9.24. The van der Waals surface area contributed by atoms with Gasteiger partial charge in [0.1, 0.15) is 5.70 Å². The number of hydrogen-bond acceptors (Lipinski definition) is 6. The molecule has 1 aliphatic heterocycles. The van der Waals surface area contributed by atoms with Crippen molar-refractivity contribution in [3.8, 4) is 0 Å². The molecule has 0 saturated carbocycles. The van der Waals surface area contributed by atoms with Crippen molar-refractivity contribution >= 4 is 63.6 Å². The largest absolute Gasteiger partial charge is 0.438 e. The first-order chi connectivity index (χ1) is 15.4. The highest BCUT2D eigenvalue weighted by Gasteiger charge is 2.34. The van der Waals surface area contributed by atoms with Crippen LogP contribution < -0.4 is 15.2 Å². The highest BCUT2D eigenvalue weighted by molar-refractivity contribution is 8.14. The number of Topliss-reactive ketones (excluding diaryl/α,β-unsaturated/α-hetero) is 1. The van der Waals surface area contributed by atoms with Crippen LogP contribution in [0.2, 0.25) is 10.0 Å². The molecular weight excluding hydrogens is 475 g/mol. The summed E-state index contributed by atoms with van der Waals surface area (Å²) >= 11 is 13.4. The van der Waals surface area contributed by atoms with Crippen LogP contribution in [0.3, 0.4) is 0 Å². The predicted octanol–water partition coefficient (Wildman–Crippen LogP) is 3.46. The number of aryl methyl sites for hydroxylation is 1. The van der Waals surface area contributed by atoms with Crippen molar-refractivity contribution in [3.63, 3.8) is 0 Å². The number of carbonyl (C=O) groups excluding carboxylic acids is 2. The van der Waals surface area contributed by atoms with Gasteiger partial charge >= 0.3 is 11.3 Å². The molecule has 1 N–H and O–H groups in total. The fourth-order valence-electron chi connectivity index (χ4n) is 3.02. The molecule has 0 radical (unpaired) electrons. The van der Waals surface area contributed by atoms with Crippen LogP contribution in [0.4, 0.5) is 5.69 Å². The summed E-state index contributed by atoms with van der Waals surface area (Å²) in [5.74, 6) is -0.975. The first kappa shape index (κ1) is 22.1. The van der Waals surface area contributed by atoms with Crippen molar-refractivity contribution in [1.82, 2.24) is 5.27 Å². The summed E-state index contributed by atoms with van der Waals surface area (Å²) in [7, 11) is 1.49. The van der Waals surface area contributed by atoms with E-state index in [9.17, 15) is 14.4 Å². The number of amidine groups is 1. The van der Waals surface area contributed by atoms with Crippen molar-refractivity contribution in [2.75, 3.05) is 10.7 Å². The Morgan fingerprint density at radius 3 is 2.62 bits per heavy atom. The monoisotopic (exact) mass is 489 g/mol. The lowest BCUT2D eigenvalue weighted by atomic mass is 10.2. The third-order valence-corrected chi connectivity index (χ3v) is 6.29. The third kappa shape index (κ3) is 4.27. The molecule has 0 fully saturated rings. The van der Waals surface area contributed by atoms with Crippen molar-refractivity contribution in [2.24, 2.45) is 12.0 Å². The molecule has 0 spiro atoms. The van der Waals surface area contributed by atoms with Gasteiger partial charge in [-0.05, 0) is 35.1 Å². The molecule has 11 heteroatoms. The van der Waals surface area contributed by atoms with Gasteiger partial charge in [0.25, 0.3) is 5.91 Å². The van der Waals surface area contributed by atoms with Crippen LogP contribution in [0.15, 0.2) is 68.5 Å². The van der Waals surface area contributed by atoms with Gasteiger partial charge in [0.05, 0.1) is 21.5 Å². The zero-order valence-electron chi connectivity index (χ0n) is 16.5. The molecule has 2 aromatic carbocycles. The summed E-state index contributed by atoms with van der Waals surface area (Å²) in [6.45, 7) is 0. The number of para-hydroxylation sites is 1. The van der Waals surface area contributed by atoms with Crippen molar-refractivity contribution in [3.05, 3.63) is 86.0 Å². The molecule has 3 aromatic rings. The molecule has 0 atom stereocenters. The number of ketones is 1. The number of aromatic nitrogens is 2. The topological polar surface area (TPSA) is 99.6 Å². The lowest BCUT2D eigenvalue weighted by Gasteiger charge is -2.17. The standard InChI is InChI=1S/C21H14Cl2N4O4S/c1-26-18(20(30)31-25-26)16(28)11-32-21-24-15(10-12-6-5-9-14(22)17(12)23)19(29)27(21)13-7-3-2-4-8-13/h2-10H,11H2,1H3/p+1/b15-10+. The lowest BCUT2D eigenvalue weighted by molar-refractivity contribution is -0.741. The number of rotatable bonds is 5. The fraction of sp³-hybridized carbons (Fsp3) is 0.0952. The van der Waals surface area contributed by atoms with Crippen LogP contribution in [0, 0.1) is 0 Å². The molecule has 162 valence electrons. The zero-order chi connectivity index (χ0) is 22.8. The van der Waals surface area contributed by atoms with Gasteiger partial charge in [-0.3, -0.25) is 19.0 Å². The number of halogens is 2. The Morgan fingerprint density at radius 1 is 1.19 bits per heavy atom. The van der Waals surface area contributed by atoms with Gasteiger partial charge in [-0.15, -0.1) is 0 Å². The highest BCUT2D eigenvalue weighted by Crippen LogP contribution is 2.32. The number of aliphatic imine (C=N–C) groups is 1. The average molecular weight is 490 g/mol. The van der Waals surface area contributed by atoms with E-state index in [1.807, 2.05) is 6.07 Å². The minimum absolute atomic E-state index is 0.128. The predicted molar refractivity (Wildman–Crippen MR) is 123 cm³/mol. The minimum atomic E-state index is -0.765. The van der Waals surface area contributed by atoms with E-state index in [1.54, 1.807) is 48.5 Å². The van der Waals surface area contributed by atoms with E-state index >= 15 is 0 Å². The number of benzene rings is 2. The van der Waals surface area contributed by atoms with E-state index in [4.69, 9.17) is 23.2 Å². The third-order valence-electron chi connectivity index (χ3n) is 4.52. The first-order valence-corrected chi connectivity index (χ1v) is 11.0. The molecule has 1 aromatic heterocycles. The van der Waals surface area contributed by atoms with E-state index in [-0.39, 0.29) is 23.1 Å². The molecule has 4 rings (SSSR count). The molecule has 0 bridgehead atoms. The number of amides is 1. The number of H-pyrrole nitrogens is 1. The quantitative estimate of drug-likeness (QED) is 0.336. The maximum absolute atomic E-state index is 13.2. The van der Waals surface area contributed by atoms with Gasteiger partial charge in [0.15, 0.2) is 12.2 Å². The molecule has 32 heavy (non-hydrogen) atoms. The Bertz CT molecular complexity index is 1330. The summed E-state index contributed by atoms with van der Waals surface area (Å²) in [6.07, 6.45) is 1.54. The van der Waals surface area contributed by atoms with Gasteiger partial charge in [0.2, 0.25) is 5.78 Å². The maximum atomic E-state index is 13.2. The molecule has 1 aliphatic rings. The second-order valence-electron chi connectivity index (χ2n) is 6.64. The van der Waals surface area contributed by atoms with Crippen LogP contribution in [0.5, 0.6) is 0 Å². The second kappa shape index (κ2) is 9.15. The zero-order valence-corrected chi connectivity index (χ0v) is 18.9. The van der Waals surface area contributed by atoms with E-state index in [2.05, 4.69) is 14.8 Å². The molecule has 0 unspecified atom stereocenters. The fourth-order valence-corrected chi connectivity index (χ4v) is 4.26. The average Bonchev–Trinajstić information content (AvgIpc) is 3.28. The molecule has 1 amide bonds. The lowest BCUT2D eigenvalue weighted by Crippen LogP contribution is -2.40. The number of thioether (sulfide) groups is 1. The molecule has 8 nitrogen and oxygen atoms in total. The van der Waals surface area contributed by atoms with Gasteiger partial charge in [0, 0.05) is 0 Å². The Kier molecular flexibility index (Phi) is 6.31. The van der Waals surface area contributed by atoms with Gasteiger partial charge in [-0.1, -0.05) is 70.0 Å². The SMILES string of the molecule is C[n+]1[nH]oc(=O)c1C(=O)CSC1=N/C(=C/c2cccc(Cl)c2Cl)C(=O)N1c1ccccc1. The molecule has 2 heterocycles. The smallest absolute Gasteiger partial charge is 0.286 e. The summed E-state index contributed by atoms with van der Waals surface area (Å²) in [5.41, 5.74) is 0.371. The Morgan fingerprint density at radius 2 is 1.94 bits per heavy atom. The van der Waals surface area contributed by atoms with Gasteiger partial charge < -0.3 is 0 Å². The van der Waals surface area contributed by atoms with Crippen molar-refractivity contribution in [2.45, 2.75) is 0 Å². The Hall–Kier alpha value is -3.14. The van der Waals surface area contributed by atoms with Gasteiger partial charge in [-0.25, -0.2) is 9.79 Å². The second-order valence-corrected chi connectivity index (χ2v) is 8.37. The van der Waals surface area contributed by atoms with E-state index in [1.165, 1.54) is 16.6 Å². The Balaban J connectivity index is 1.68. The van der Waals surface area contributed by atoms with Gasteiger partial charge in [-0.2, -0.15) is 0 Å². The normalized spacial score (nSPS) is 14.8. The van der Waals surface area contributed by atoms with Crippen LogP contribution in [-0.2, 0) is 11.8 Å². The Labute approximate surface area is 196 Å². The number of nitrogens with zero attached hydrogens (tertiary/aromatic N) is 3. The van der Waals surface area contributed by atoms with Crippen LogP contribution >= 0.6 is 35.0 Å². The van der Waals surface area contributed by atoms with Crippen LogP contribution in [0.1, 0.15) is 16.1 Å². The summed E-state index contributed by atoms with van der Waals surface area (Å²) in [4.78, 5) is 43.3. The molecular formula is C21H15Cl2N4O4S+. The van der Waals surface area contributed by atoms with Crippen LogP contribution in [-0.4, -0.2) is 27.9 Å². The molecule has 0 saturated heterocycles. The van der Waals surface area contributed by atoms with Crippen molar-refractivity contribution in [1.29, 1.82) is 0 Å². The summed E-state index contributed by atoms with van der Waals surface area (Å²) in [6, 6.07) is 14.0. The summed E-state index contributed by atoms with van der Waals surface area (Å²) in [5, 5.41) is 3.26. The van der Waals surface area contributed by atoms with E-state index in [0.29, 0.717) is 26.5 Å². The van der Waals surface area contributed by atoms with Crippen LogP contribution in [0.25, 0.3) is 6.08 Å². The number of aromatic amines is 1. The highest BCUT2D eigenvalue weighted by atomic mass is 35.5. The maximum Gasteiger partial charge on any atom is 0.438 e.